The third kappa shape index (κ3) is 8.97. The van der Waals surface area contributed by atoms with Crippen LogP contribution in [-0.2, 0) is 28.9 Å². The summed E-state index contributed by atoms with van der Waals surface area (Å²) in [6, 6.07) is 0. The van der Waals surface area contributed by atoms with Crippen LogP contribution >= 0.6 is 0 Å². The maximum absolute atomic E-state index is 9.10. The molecule has 8 heavy (non-hydrogen) atoms. The van der Waals surface area contributed by atoms with E-state index in [1.54, 1.807) is 0 Å². The van der Waals surface area contributed by atoms with Gasteiger partial charge in [-0.3, -0.25) is 0 Å². The van der Waals surface area contributed by atoms with Crippen molar-refractivity contribution in [3.05, 3.63) is 0 Å². The number of carboxylic acids is 2. The van der Waals surface area contributed by atoms with Crippen molar-refractivity contribution in [2.45, 2.75) is 0 Å². The molecular formula is C2H2NiO5. The molecule has 0 aliphatic heterocycles. The van der Waals surface area contributed by atoms with Crippen molar-refractivity contribution < 1.29 is 39.1 Å². The fourth-order valence-electron chi connectivity index (χ4n) is 0. The van der Waals surface area contributed by atoms with E-state index < -0.39 is 11.9 Å². The first-order valence-corrected chi connectivity index (χ1v) is 1.64. The van der Waals surface area contributed by atoms with Gasteiger partial charge in [0, 0.05) is 0 Å². The average Bonchev–Trinajstić information content (AvgIpc) is 1.72. The fraction of sp³-hybridized carbons (Fsp3) is 0. The van der Waals surface area contributed by atoms with E-state index in [1.807, 2.05) is 0 Å². The Morgan fingerprint density at radius 2 is 1.12 bits per heavy atom. The standard InChI is InChI=1S/C2H2O4.Ni.O/c3-1(4)2(5)6;;/h(H,3,4)(H,5,6);;. The Morgan fingerprint density at radius 1 is 1.00 bits per heavy atom. The van der Waals surface area contributed by atoms with Crippen LogP contribution in [0.3, 0.4) is 0 Å². The molecule has 0 rings (SSSR count). The van der Waals surface area contributed by atoms with Crippen LogP contribution in [0.25, 0.3) is 0 Å². The van der Waals surface area contributed by atoms with Crippen molar-refractivity contribution in [2.24, 2.45) is 0 Å². The second-order valence-electron chi connectivity index (χ2n) is 0.610. The Balaban J connectivity index is 0. The molecule has 0 saturated heterocycles. The summed E-state index contributed by atoms with van der Waals surface area (Å²) < 4.78 is 7.88. The first-order valence-electron chi connectivity index (χ1n) is 1.23. The molecule has 50 valence electrons. The van der Waals surface area contributed by atoms with Gasteiger partial charge in [0.15, 0.2) is 0 Å². The number of rotatable bonds is 0. The van der Waals surface area contributed by atoms with Crippen LogP contribution in [0.2, 0.25) is 0 Å². The van der Waals surface area contributed by atoms with Gasteiger partial charge in [0.05, 0.1) is 0 Å². The van der Waals surface area contributed by atoms with Crippen molar-refractivity contribution in [3.8, 4) is 0 Å². The van der Waals surface area contributed by atoms with E-state index >= 15 is 0 Å². The predicted octanol–water partition coefficient (Wildman–Crippen LogP) is -0.966. The molecule has 0 unspecified atom stereocenters. The third-order valence-corrected chi connectivity index (χ3v) is 0.183. The van der Waals surface area contributed by atoms with E-state index in [0.717, 1.165) is 0 Å². The molecule has 0 bridgehead atoms. The SMILES string of the molecule is O=C(O)C(=O)O.[O]=[Ni]. The van der Waals surface area contributed by atoms with E-state index in [9.17, 15) is 0 Å². The topological polar surface area (TPSA) is 91.7 Å². The molecular weight excluding hydrogens is 163 g/mol. The zero-order valence-corrected chi connectivity index (χ0v) is 4.42. The van der Waals surface area contributed by atoms with Crippen molar-refractivity contribution in [1.29, 1.82) is 0 Å². The van der Waals surface area contributed by atoms with Gasteiger partial charge in [-0.05, 0) is 0 Å². The van der Waals surface area contributed by atoms with Gasteiger partial charge in [0.1, 0.15) is 0 Å². The molecule has 0 radical (unpaired) electrons. The Kier molecular flexibility index (Phi) is 8.00. The number of carboxylic acid groups (broad SMARTS) is 2. The molecule has 0 aromatic rings. The normalized spacial score (nSPS) is 6.25. The Bertz CT molecular complexity index is 86.6. The third-order valence-electron chi connectivity index (χ3n) is 0.183. The second kappa shape index (κ2) is 6.23. The van der Waals surface area contributed by atoms with Crippen LogP contribution in [0.5, 0.6) is 0 Å². The maximum atomic E-state index is 9.10. The van der Waals surface area contributed by atoms with Crippen molar-refractivity contribution >= 4 is 11.9 Å². The summed E-state index contributed by atoms with van der Waals surface area (Å²) >= 11 is 2.62. The van der Waals surface area contributed by atoms with Crippen molar-refractivity contribution in [3.63, 3.8) is 0 Å². The van der Waals surface area contributed by atoms with E-state index in [1.165, 1.54) is 0 Å². The molecule has 0 spiro atoms. The van der Waals surface area contributed by atoms with E-state index in [0.29, 0.717) is 0 Å². The van der Waals surface area contributed by atoms with E-state index in [2.05, 4.69) is 15.4 Å². The Hall–Kier alpha value is -0.766. The zero-order chi connectivity index (χ0) is 7.15. The van der Waals surface area contributed by atoms with Crippen molar-refractivity contribution in [2.75, 3.05) is 0 Å². The quantitative estimate of drug-likeness (QED) is 0.355. The van der Waals surface area contributed by atoms with Crippen molar-refractivity contribution in [1.82, 2.24) is 0 Å². The van der Waals surface area contributed by atoms with E-state index in [4.69, 9.17) is 23.7 Å². The second-order valence-corrected chi connectivity index (χ2v) is 0.610. The fourth-order valence-corrected chi connectivity index (χ4v) is 0. The summed E-state index contributed by atoms with van der Waals surface area (Å²) in [5.41, 5.74) is 0. The number of aliphatic carboxylic acids is 2. The van der Waals surface area contributed by atoms with Crippen LogP contribution in [0, 0.1) is 0 Å². The Morgan fingerprint density at radius 3 is 1.12 bits per heavy atom. The van der Waals surface area contributed by atoms with Gasteiger partial charge in [-0.25, -0.2) is 9.59 Å². The molecule has 0 heterocycles. The molecule has 0 aromatic heterocycles. The summed E-state index contributed by atoms with van der Waals surface area (Å²) in [4.78, 5) is 18.2. The van der Waals surface area contributed by atoms with Gasteiger partial charge in [-0.1, -0.05) is 0 Å². The molecule has 0 aliphatic rings. The molecule has 6 heteroatoms. The van der Waals surface area contributed by atoms with Gasteiger partial charge in [-0.15, -0.1) is 0 Å². The van der Waals surface area contributed by atoms with Gasteiger partial charge in [0.2, 0.25) is 0 Å². The molecule has 0 aromatic carbocycles. The number of carbonyl (C=O) groups is 2. The zero-order valence-electron chi connectivity index (χ0n) is 3.44. The molecule has 5 nitrogen and oxygen atoms in total. The summed E-state index contributed by atoms with van der Waals surface area (Å²) in [6.07, 6.45) is 0. The summed E-state index contributed by atoms with van der Waals surface area (Å²) in [6.45, 7) is 0. The molecule has 2 N–H and O–H groups in total. The summed E-state index contributed by atoms with van der Waals surface area (Å²) in [5.74, 6) is -3.65. The van der Waals surface area contributed by atoms with Gasteiger partial charge in [0.25, 0.3) is 0 Å². The van der Waals surface area contributed by atoms with Crippen LogP contribution < -0.4 is 0 Å². The summed E-state index contributed by atoms with van der Waals surface area (Å²) in [5, 5.41) is 14.8. The van der Waals surface area contributed by atoms with E-state index in [-0.39, 0.29) is 0 Å². The molecule has 0 saturated carbocycles. The minimum absolute atomic E-state index is 1.82. The number of hydrogen-bond acceptors (Lipinski definition) is 3. The number of hydrogen-bond donors (Lipinski definition) is 2. The summed E-state index contributed by atoms with van der Waals surface area (Å²) in [7, 11) is 0. The van der Waals surface area contributed by atoms with Crippen LogP contribution in [-0.4, -0.2) is 22.2 Å². The monoisotopic (exact) mass is 164 g/mol. The predicted molar refractivity (Wildman–Crippen MR) is 16.0 cm³/mol. The molecule has 0 aliphatic carbocycles. The Labute approximate surface area is 51.9 Å². The average molecular weight is 165 g/mol. The van der Waals surface area contributed by atoms with Gasteiger partial charge >= 0.3 is 31.2 Å². The first kappa shape index (κ1) is 10.3. The first-order chi connectivity index (χ1) is 3.64. The molecule has 0 fully saturated rings. The minimum atomic E-state index is -1.82. The van der Waals surface area contributed by atoms with Crippen LogP contribution in [0.1, 0.15) is 0 Å². The van der Waals surface area contributed by atoms with Gasteiger partial charge in [-0.2, -0.15) is 0 Å². The van der Waals surface area contributed by atoms with Crippen LogP contribution in [0.15, 0.2) is 0 Å². The van der Waals surface area contributed by atoms with Crippen LogP contribution in [0.4, 0.5) is 0 Å². The molecule has 0 amide bonds. The molecule has 0 atom stereocenters. The van der Waals surface area contributed by atoms with Gasteiger partial charge < -0.3 is 10.2 Å².